The second-order valence-corrected chi connectivity index (χ2v) is 6.38. The van der Waals surface area contributed by atoms with Crippen molar-refractivity contribution >= 4 is 17.5 Å². The molecule has 1 fully saturated rings. The smallest absolute Gasteiger partial charge is 0.223 e. The van der Waals surface area contributed by atoms with Gasteiger partial charge in [0.1, 0.15) is 11.4 Å². The maximum Gasteiger partial charge on any atom is 0.223 e. The average Bonchev–Trinajstić information content (AvgIpc) is 2.86. The molecule has 5 heteroatoms. The molecule has 0 atom stereocenters. The summed E-state index contributed by atoms with van der Waals surface area (Å²) in [6.07, 6.45) is 4.23. The molecule has 1 saturated heterocycles. The number of allylic oxidation sites excluding steroid dienone is 2. The average molecular weight is 326 g/mol. The van der Waals surface area contributed by atoms with Crippen LogP contribution in [-0.2, 0) is 4.79 Å². The lowest BCUT2D eigenvalue weighted by Gasteiger charge is -2.33. The van der Waals surface area contributed by atoms with E-state index < -0.39 is 0 Å². The van der Waals surface area contributed by atoms with E-state index >= 15 is 0 Å². The van der Waals surface area contributed by atoms with Gasteiger partial charge in [0.15, 0.2) is 0 Å². The van der Waals surface area contributed by atoms with Gasteiger partial charge in [0, 0.05) is 38.2 Å². The van der Waals surface area contributed by atoms with Gasteiger partial charge >= 0.3 is 0 Å². The standard InChI is InChI=1S/C19H22N2O3/c1-13(22)20(2)16-17(21-11-7-3-4-8-12-21)19(24)15-10-6-5-9-14(15)18(16)23/h5-6,9-10H,3-4,7-8,11-12H2,1-2H3. The SMILES string of the molecule is CC(=O)N(C)C1=C(N2CCCCCC2)C(=O)c2ccccc2C1=O. The highest BCUT2D eigenvalue weighted by atomic mass is 16.2. The summed E-state index contributed by atoms with van der Waals surface area (Å²) in [5.74, 6) is -0.657. The van der Waals surface area contributed by atoms with Crippen LogP contribution >= 0.6 is 0 Å². The third-order valence-electron chi connectivity index (χ3n) is 4.80. The van der Waals surface area contributed by atoms with E-state index in [9.17, 15) is 14.4 Å². The molecule has 1 aliphatic heterocycles. The first-order valence-corrected chi connectivity index (χ1v) is 8.44. The van der Waals surface area contributed by atoms with Crippen LogP contribution in [0.2, 0.25) is 0 Å². The molecule has 0 N–H and O–H groups in total. The van der Waals surface area contributed by atoms with Crippen LogP contribution in [0.3, 0.4) is 0 Å². The van der Waals surface area contributed by atoms with Gasteiger partial charge in [-0.2, -0.15) is 0 Å². The summed E-state index contributed by atoms with van der Waals surface area (Å²) in [6, 6.07) is 6.86. The predicted octanol–water partition coefficient (Wildman–Crippen LogP) is 2.63. The van der Waals surface area contributed by atoms with Gasteiger partial charge in [0.2, 0.25) is 17.5 Å². The Kier molecular flexibility index (Phi) is 4.51. The fraction of sp³-hybridized carbons (Fsp3) is 0.421. The van der Waals surface area contributed by atoms with Gasteiger partial charge in [-0.05, 0) is 12.8 Å². The predicted molar refractivity (Wildman–Crippen MR) is 90.6 cm³/mol. The quantitative estimate of drug-likeness (QED) is 0.838. The Hall–Kier alpha value is -2.43. The highest BCUT2D eigenvalue weighted by molar-refractivity contribution is 6.27. The van der Waals surface area contributed by atoms with Crippen LogP contribution in [0, 0.1) is 0 Å². The maximum atomic E-state index is 13.1. The van der Waals surface area contributed by atoms with Crippen molar-refractivity contribution in [3.63, 3.8) is 0 Å². The number of likely N-dealkylation sites (tertiary alicyclic amines) is 1. The lowest BCUT2D eigenvalue weighted by molar-refractivity contribution is -0.125. The lowest BCUT2D eigenvalue weighted by Crippen LogP contribution is -2.40. The number of carbonyl (C=O) groups is 3. The van der Waals surface area contributed by atoms with E-state index in [1.807, 2.05) is 4.90 Å². The highest BCUT2D eigenvalue weighted by Gasteiger charge is 2.37. The van der Waals surface area contributed by atoms with Crippen LogP contribution in [0.15, 0.2) is 35.7 Å². The molecule has 0 saturated carbocycles. The number of hydrogen-bond acceptors (Lipinski definition) is 4. The Morgan fingerprint density at radius 2 is 1.50 bits per heavy atom. The second-order valence-electron chi connectivity index (χ2n) is 6.38. The Morgan fingerprint density at radius 3 is 2.04 bits per heavy atom. The molecule has 1 aliphatic carbocycles. The first-order chi connectivity index (χ1) is 11.5. The molecule has 0 spiro atoms. The Bertz CT molecular complexity index is 728. The highest BCUT2D eigenvalue weighted by Crippen LogP contribution is 2.31. The van der Waals surface area contributed by atoms with Crippen molar-refractivity contribution < 1.29 is 14.4 Å². The van der Waals surface area contributed by atoms with E-state index in [1.165, 1.54) is 11.8 Å². The number of likely N-dealkylation sites (N-methyl/N-ethyl adjacent to an activating group) is 1. The van der Waals surface area contributed by atoms with Crippen LogP contribution in [0.25, 0.3) is 0 Å². The fourth-order valence-corrected chi connectivity index (χ4v) is 3.41. The van der Waals surface area contributed by atoms with Crippen LogP contribution in [0.5, 0.6) is 0 Å². The molecule has 5 nitrogen and oxygen atoms in total. The number of amides is 1. The molecule has 0 bridgehead atoms. The zero-order chi connectivity index (χ0) is 17.3. The zero-order valence-corrected chi connectivity index (χ0v) is 14.2. The molecule has 1 aromatic rings. The summed E-state index contributed by atoms with van der Waals surface area (Å²) in [6.45, 7) is 2.89. The monoisotopic (exact) mass is 326 g/mol. The maximum absolute atomic E-state index is 13.1. The van der Waals surface area contributed by atoms with Crippen molar-refractivity contribution in [1.29, 1.82) is 0 Å². The number of nitrogens with zero attached hydrogens (tertiary/aromatic N) is 2. The molecule has 0 radical (unpaired) electrons. The number of Topliss-reactive ketones (excluding diaryl/α,β-unsaturated/α-hetero) is 2. The molecule has 1 aromatic carbocycles. The summed E-state index contributed by atoms with van der Waals surface area (Å²) < 4.78 is 0. The summed E-state index contributed by atoms with van der Waals surface area (Å²) in [5, 5.41) is 0. The number of fused-ring (bicyclic) bond motifs is 1. The van der Waals surface area contributed by atoms with Crippen molar-refractivity contribution in [3.8, 4) is 0 Å². The topological polar surface area (TPSA) is 57.7 Å². The minimum absolute atomic E-state index is 0.157. The molecule has 0 aromatic heterocycles. The van der Waals surface area contributed by atoms with Gasteiger partial charge in [-0.15, -0.1) is 0 Å². The zero-order valence-electron chi connectivity index (χ0n) is 14.2. The normalized spacial score (nSPS) is 18.3. The second kappa shape index (κ2) is 6.59. The largest absolute Gasteiger partial charge is 0.367 e. The van der Waals surface area contributed by atoms with Crippen molar-refractivity contribution in [2.75, 3.05) is 20.1 Å². The van der Waals surface area contributed by atoms with Crippen molar-refractivity contribution in [2.24, 2.45) is 0 Å². The van der Waals surface area contributed by atoms with E-state index in [-0.39, 0.29) is 23.2 Å². The first-order valence-electron chi connectivity index (χ1n) is 8.44. The number of rotatable bonds is 2. The Labute approximate surface area is 141 Å². The molecule has 0 unspecified atom stereocenters. The summed E-state index contributed by atoms with van der Waals surface area (Å²) >= 11 is 0. The molecule has 1 amide bonds. The number of hydrogen-bond donors (Lipinski definition) is 0. The van der Waals surface area contributed by atoms with Crippen LogP contribution in [0.1, 0.15) is 53.3 Å². The minimum atomic E-state index is -0.252. The molecule has 2 aliphatic rings. The van der Waals surface area contributed by atoms with E-state index in [4.69, 9.17) is 0 Å². The van der Waals surface area contributed by atoms with E-state index in [0.29, 0.717) is 16.8 Å². The fourth-order valence-electron chi connectivity index (χ4n) is 3.41. The van der Waals surface area contributed by atoms with Gasteiger partial charge in [-0.25, -0.2) is 0 Å². The van der Waals surface area contributed by atoms with Gasteiger partial charge in [-0.1, -0.05) is 37.1 Å². The van der Waals surface area contributed by atoms with Crippen molar-refractivity contribution in [3.05, 3.63) is 46.8 Å². The van der Waals surface area contributed by atoms with Gasteiger partial charge in [0.25, 0.3) is 0 Å². The number of ketones is 2. The van der Waals surface area contributed by atoms with Crippen LogP contribution in [-0.4, -0.2) is 47.4 Å². The molecule has 126 valence electrons. The van der Waals surface area contributed by atoms with Crippen LogP contribution < -0.4 is 0 Å². The first kappa shape index (κ1) is 16.4. The molecule has 1 heterocycles. The summed E-state index contributed by atoms with van der Waals surface area (Å²) in [4.78, 5) is 41.4. The molecule has 24 heavy (non-hydrogen) atoms. The molecule has 3 rings (SSSR count). The van der Waals surface area contributed by atoms with Crippen molar-refractivity contribution in [2.45, 2.75) is 32.6 Å². The van der Waals surface area contributed by atoms with E-state index in [2.05, 4.69) is 0 Å². The van der Waals surface area contributed by atoms with Gasteiger partial charge in [-0.3, -0.25) is 14.4 Å². The third kappa shape index (κ3) is 2.75. The van der Waals surface area contributed by atoms with Gasteiger partial charge < -0.3 is 9.80 Å². The molecular weight excluding hydrogens is 304 g/mol. The summed E-state index contributed by atoms with van der Waals surface area (Å²) in [7, 11) is 1.56. The third-order valence-corrected chi connectivity index (χ3v) is 4.80. The number of carbonyl (C=O) groups excluding carboxylic acids is 3. The van der Waals surface area contributed by atoms with E-state index in [1.54, 1.807) is 31.3 Å². The molecular formula is C19H22N2O3. The summed E-state index contributed by atoms with van der Waals surface area (Å²) in [5.41, 5.74) is 1.41. The minimum Gasteiger partial charge on any atom is -0.367 e. The van der Waals surface area contributed by atoms with Crippen LogP contribution in [0.4, 0.5) is 0 Å². The number of benzene rings is 1. The van der Waals surface area contributed by atoms with E-state index in [0.717, 1.165) is 38.8 Å². The Balaban J connectivity index is 2.16. The van der Waals surface area contributed by atoms with Gasteiger partial charge in [0.05, 0.1) is 0 Å². The Morgan fingerprint density at radius 1 is 0.958 bits per heavy atom. The van der Waals surface area contributed by atoms with Crippen molar-refractivity contribution in [1.82, 2.24) is 9.80 Å². The lowest BCUT2D eigenvalue weighted by atomic mass is 9.89.